The number of rotatable bonds is 7. The van der Waals surface area contributed by atoms with Crippen LogP contribution in [0.2, 0.25) is 10.0 Å². The first-order chi connectivity index (χ1) is 13.2. The topological polar surface area (TPSA) is 72.5 Å². The third-order valence-corrected chi connectivity index (χ3v) is 4.66. The van der Waals surface area contributed by atoms with Gasteiger partial charge in [-0.05, 0) is 37.1 Å². The second-order valence-electron chi connectivity index (χ2n) is 6.63. The molecule has 0 spiro atoms. The predicted octanol–water partition coefficient (Wildman–Crippen LogP) is 4.56. The third-order valence-electron chi connectivity index (χ3n) is 4.10. The summed E-state index contributed by atoms with van der Waals surface area (Å²) >= 11 is 11.9. The number of carbonyl (C=O) groups excluding carboxylic acids is 3. The van der Waals surface area contributed by atoms with Gasteiger partial charge >= 0.3 is 5.97 Å². The zero-order chi connectivity index (χ0) is 20.8. The van der Waals surface area contributed by atoms with Crippen LogP contribution in [0.3, 0.4) is 0 Å². The van der Waals surface area contributed by atoms with Crippen molar-refractivity contribution in [3.8, 4) is 0 Å². The quantitative estimate of drug-likeness (QED) is 0.525. The number of amides is 1. The van der Waals surface area contributed by atoms with Crippen molar-refractivity contribution in [2.45, 2.75) is 32.9 Å². The van der Waals surface area contributed by atoms with Crippen LogP contribution in [0.4, 0.5) is 0 Å². The third kappa shape index (κ3) is 5.57. The molecule has 5 nitrogen and oxygen atoms in total. The Kier molecular flexibility index (Phi) is 7.61. The van der Waals surface area contributed by atoms with E-state index in [-0.39, 0.29) is 22.3 Å². The van der Waals surface area contributed by atoms with E-state index in [1.54, 1.807) is 56.3 Å². The van der Waals surface area contributed by atoms with E-state index in [0.29, 0.717) is 10.6 Å². The molecular formula is C21H21Cl2NO4. The van der Waals surface area contributed by atoms with Crippen LogP contribution in [0.15, 0.2) is 48.5 Å². The molecule has 28 heavy (non-hydrogen) atoms. The van der Waals surface area contributed by atoms with Crippen molar-refractivity contribution >= 4 is 40.9 Å². The van der Waals surface area contributed by atoms with Crippen LogP contribution in [-0.2, 0) is 9.53 Å². The number of carbonyl (C=O) groups is 3. The molecule has 2 aromatic rings. The molecule has 0 bridgehead atoms. The van der Waals surface area contributed by atoms with Crippen LogP contribution in [0.5, 0.6) is 0 Å². The van der Waals surface area contributed by atoms with Crippen molar-refractivity contribution in [3.05, 3.63) is 69.7 Å². The highest BCUT2D eigenvalue weighted by atomic mass is 35.5. The van der Waals surface area contributed by atoms with Gasteiger partial charge in [0, 0.05) is 10.6 Å². The van der Waals surface area contributed by atoms with Crippen molar-refractivity contribution in [1.29, 1.82) is 0 Å². The molecule has 1 N–H and O–H groups in total. The van der Waals surface area contributed by atoms with Gasteiger partial charge in [-0.2, -0.15) is 0 Å². The first-order valence-corrected chi connectivity index (χ1v) is 9.52. The molecule has 0 aromatic heterocycles. The highest BCUT2D eigenvalue weighted by Crippen LogP contribution is 2.17. The Bertz CT molecular complexity index is 882. The fourth-order valence-corrected chi connectivity index (χ4v) is 2.95. The fraction of sp³-hybridized carbons (Fsp3) is 0.286. The van der Waals surface area contributed by atoms with Crippen molar-refractivity contribution in [1.82, 2.24) is 5.32 Å². The van der Waals surface area contributed by atoms with Gasteiger partial charge in [0.25, 0.3) is 5.91 Å². The summed E-state index contributed by atoms with van der Waals surface area (Å²) < 4.78 is 5.32. The Hall–Kier alpha value is -2.37. The van der Waals surface area contributed by atoms with Gasteiger partial charge in [0.15, 0.2) is 6.10 Å². The average molecular weight is 422 g/mol. The van der Waals surface area contributed by atoms with Crippen LogP contribution in [0.25, 0.3) is 0 Å². The normalized spacial score (nSPS) is 12.9. The molecule has 148 valence electrons. The average Bonchev–Trinajstić information content (AvgIpc) is 2.65. The molecule has 2 rings (SSSR count). The van der Waals surface area contributed by atoms with E-state index in [0.717, 1.165) is 0 Å². The lowest BCUT2D eigenvalue weighted by Crippen LogP contribution is -2.46. The molecule has 0 saturated heterocycles. The maximum Gasteiger partial charge on any atom is 0.329 e. The van der Waals surface area contributed by atoms with Gasteiger partial charge < -0.3 is 10.1 Å². The lowest BCUT2D eigenvalue weighted by Gasteiger charge is -2.23. The smallest absolute Gasteiger partial charge is 0.329 e. The van der Waals surface area contributed by atoms with E-state index in [9.17, 15) is 14.4 Å². The van der Waals surface area contributed by atoms with Gasteiger partial charge in [-0.1, -0.05) is 61.3 Å². The summed E-state index contributed by atoms with van der Waals surface area (Å²) in [7, 11) is 0. The monoisotopic (exact) mass is 421 g/mol. The van der Waals surface area contributed by atoms with Gasteiger partial charge in [-0.3, -0.25) is 9.59 Å². The summed E-state index contributed by atoms with van der Waals surface area (Å²) in [4.78, 5) is 37.6. The predicted molar refractivity (Wildman–Crippen MR) is 109 cm³/mol. The lowest BCUT2D eigenvalue weighted by atomic mass is 10.0. The SMILES string of the molecule is CC(OC(=O)[C@@H](NC(=O)c1ccccc1Cl)C(C)C)C(=O)c1cccc(Cl)c1. The number of ether oxygens (including phenoxy) is 1. The Morgan fingerprint density at radius 3 is 2.25 bits per heavy atom. The second kappa shape index (κ2) is 9.71. The lowest BCUT2D eigenvalue weighted by molar-refractivity contribution is -0.149. The highest BCUT2D eigenvalue weighted by Gasteiger charge is 2.30. The van der Waals surface area contributed by atoms with Crippen LogP contribution in [-0.4, -0.2) is 29.8 Å². The molecule has 0 radical (unpaired) electrons. The van der Waals surface area contributed by atoms with E-state index in [1.807, 2.05) is 0 Å². The van der Waals surface area contributed by atoms with Crippen molar-refractivity contribution in [3.63, 3.8) is 0 Å². The standard InChI is InChI=1S/C21H21Cl2NO4/c1-12(2)18(24-20(26)16-9-4-5-10-17(16)23)21(27)28-13(3)19(25)14-7-6-8-15(22)11-14/h4-13,18H,1-3H3,(H,24,26)/t13?,18-/m0/s1. The molecule has 0 saturated carbocycles. The summed E-state index contributed by atoms with van der Waals surface area (Å²) in [5.41, 5.74) is 0.597. The van der Waals surface area contributed by atoms with Crippen LogP contribution in [0.1, 0.15) is 41.5 Å². The number of esters is 1. The Balaban J connectivity index is 2.09. The van der Waals surface area contributed by atoms with Gasteiger partial charge in [-0.25, -0.2) is 4.79 Å². The second-order valence-corrected chi connectivity index (χ2v) is 7.47. The molecular weight excluding hydrogens is 401 g/mol. The Morgan fingerprint density at radius 2 is 1.64 bits per heavy atom. The number of Topliss-reactive ketones (excluding diaryl/α,β-unsaturated/α-hetero) is 1. The first kappa shape index (κ1) is 21.9. The number of hydrogen-bond acceptors (Lipinski definition) is 4. The highest BCUT2D eigenvalue weighted by molar-refractivity contribution is 6.33. The number of nitrogens with one attached hydrogen (secondary N) is 1. The van der Waals surface area contributed by atoms with Crippen LogP contribution < -0.4 is 5.32 Å². The summed E-state index contributed by atoms with van der Waals surface area (Å²) in [6.45, 7) is 5.01. The number of benzene rings is 2. The minimum atomic E-state index is -1.02. The molecule has 1 unspecified atom stereocenters. The van der Waals surface area contributed by atoms with Crippen molar-refractivity contribution in [2.75, 3.05) is 0 Å². The number of ketones is 1. The van der Waals surface area contributed by atoms with Gasteiger partial charge in [0.2, 0.25) is 5.78 Å². The van der Waals surface area contributed by atoms with Gasteiger partial charge in [0.1, 0.15) is 6.04 Å². The van der Waals surface area contributed by atoms with Gasteiger partial charge in [0.05, 0.1) is 10.6 Å². The van der Waals surface area contributed by atoms with Crippen molar-refractivity contribution in [2.24, 2.45) is 5.92 Å². The molecule has 0 heterocycles. The minimum absolute atomic E-state index is 0.255. The van der Waals surface area contributed by atoms with Crippen molar-refractivity contribution < 1.29 is 19.1 Å². The van der Waals surface area contributed by atoms with Gasteiger partial charge in [-0.15, -0.1) is 0 Å². The zero-order valence-electron chi connectivity index (χ0n) is 15.7. The summed E-state index contributed by atoms with van der Waals surface area (Å²) in [5.74, 6) is -1.82. The molecule has 0 aliphatic rings. The first-order valence-electron chi connectivity index (χ1n) is 8.76. The van der Waals surface area contributed by atoms with E-state index >= 15 is 0 Å². The summed E-state index contributed by atoms with van der Waals surface area (Å²) in [5, 5.41) is 3.33. The summed E-state index contributed by atoms with van der Waals surface area (Å²) in [6.07, 6.45) is -1.02. The molecule has 0 fully saturated rings. The molecule has 1 amide bonds. The molecule has 2 atom stereocenters. The molecule has 0 aliphatic heterocycles. The molecule has 7 heteroatoms. The van der Waals surface area contributed by atoms with E-state index in [1.165, 1.54) is 13.0 Å². The Labute approximate surface area is 174 Å². The Morgan fingerprint density at radius 1 is 0.964 bits per heavy atom. The minimum Gasteiger partial charge on any atom is -0.453 e. The largest absolute Gasteiger partial charge is 0.453 e. The zero-order valence-corrected chi connectivity index (χ0v) is 17.3. The molecule has 0 aliphatic carbocycles. The van der Waals surface area contributed by atoms with E-state index < -0.39 is 24.0 Å². The number of hydrogen-bond donors (Lipinski definition) is 1. The van der Waals surface area contributed by atoms with Crippen LogP contribution >= 0.6 is 23.2 Å². The summed E-state index contributed by atoms with van der Waals surface area (Å²) in [6, 6.07) is 12.0. The maximum absolute atomic E-state index is 12.6. The molecule has 2 aromatic carbocycles. The van der Waals surface area contributed by atoms with E-state index in [2.05, 4.69) is 5.32 Å². The maximum atomic E-state index is 12.6. The van der Waals surface area contributed by atoms with Crippen LogP contribution in [0, 0.1) is 5.92 Å². The van der Waals surface area contributed by atoms with E-state index in [4.69, 9.17) is 27.9 Å². The fourth-order valence-electron chi connectivity index (χ4n) is 2.54. The number of halogens is 2.